The van der Waals surface area contributed by atoms with Gasteiger partial charge < -0.3 is 10.2 Å². The minimum Gasteiger partial charge on any atom is -0.378 e. The zero-order chi connectivity index (χ0) is 15.2. The van der Waals surface area contributed by atoms with Crippen LogP contribution >= 0.6 is 11.8 Å². The van der Waals surface area contributed by atoms with Crippen molar-refractivity contribution >= 4 is 11.8 Å². The smallest absolute Gasteiger partial charge is 0.101 e. The number of thioether (sulfide) groups is 1. The first-order valence-corrected chi connectivity index (χ1v) is 8.41. The third kappa shape index (κ3) is 2.48. The second-order valence-corrected chi connectivity index (χ2v) is 8.35. The minimum atomic E-state index is 0.283. The van der Waals surface area contributed by atoms with Gasteiger partial charge in [0.1, 0.15) is 5.37 Å². The number of fused-ring (bicyclic) bond motifs is 1. The van der Waals surface area contributed by atoms with Crippen LogP contribution in [0.25, 0.3) is 0 Å². The Morgan fingerprint density at radius 1 is 1.33 bits per heavy atom. The van der Waals surface area contributed by atoms with E-state index in [1.54, 1.807) is 0 Å². The summed E-state index contributed by atoms with van der Waals surface area (Å²) in [4.78, 5) is 2.46. The van der Waals surface area contributed by atoms with Gasteiger partial charge in [-0.15, -0.1) is 11.8 Å². The lowest BCUT2D eigenvalue weighted by molar-refractivity contribution is 0.139. The lowest BCUT2D eigenvalue weighted by atomic mass is 9.95. The summed E-state index contributed by atoms with van der Waals surface area (Å²) in [6, 6.07) is 11.3. The number of nitrogens with one attached hydrogen (secondary N) is 1. The fourth-order valence-corrected chi connectivity index (χ4v) is 4.90. The van der Waals surface area contributed by atoms with Gasteiger partial charge in [0.2, 0.25) is 0 Å². The molecule has 2 aliphatic heterocycles. The maximum atomic E-state index is 4.27. The summed E-state index contributed by atoms with van der Waals surface area (Å²) in [5, 5.41) is 4.08. The first-order valence-electron chi connectivity index (χ1n) is 7.53. The van der Waals surface area contributed by atoms with E-state index in [-0.39, 0.29) is 4.75 Å². The number of hydrogen-bond donors (Lipinski definition) is 1. The van der Waals surface area contributed by atoms with E-state index < -0.39 is 0 Å². The van der Waals surface area contributed by atoms with E-state index in [9.17, 15) is 0 Å². The van der Waals surface area contributed by atoms with Crippen molar-refractivity contribution in [3.05, 3.63) is 60.4 Å². The quantitative estimate of drug-likeness (QED) is 0.911. The molecule has 112 valence electrons. The predicted octanol–water partition coefficient (Wildman–Crippen LogP) is 3.77. The molecule has 0 radical (unpaired) electrons. The Morgan fingerprint density at radius 2 is 2.00 bits per heavy atom. The molecule has 21 heavy (non-hydrogen) atoms. The summed E-state index contributed by atoms with van der Waals surface area (Å²) in [5.41, 5.74) is 3.58. The zero-order valence-corrected chi connectivity index (χ0v) is 13.9. The normalized spacial score (nSPS) is 29.8. The number of hydrogen-bond acceptors (Lipinski definition) is 3. The third-order valence-corrected chi connectivity index (χ3v) is 6.41. The van der Waals surface area contributed by atoms with Crippen molar-refractivity contribution < 1.29 is 0 Å². The minimum absolute atomic E-state index is 0.283. The van der Waals surface area contributed by atoms with Crippen LogP contribution in [0, 0.1) is 0 Å². The molecule has 2 nitrogen and oxygen atoms in total. The van der Waals surface area contributed by atoms with Crippen molar-refractivity contribution in [2.45, 2.75) is 49.4 Å². The van der Waals surface area contributed by atoms with Gasteiger partial charge in [-0.3, -0.25) is 0 Å². The highest BCUT2D eigenvalue weighted by Gasteiger charge is 2.56. The van der Waals surface area contributed by atoms with Gasteiger partial charge in [-0.25, -0.2) is 0 Å². The second kappa shape index (κ2) is 5.13. The maximum absolute atomic E-state index is 4.27. The molecular formula is C18H24N2S. The van der Waals surface area contributed by atoms with E-state index in [2.05, 4.69) is 68.4 Å². The molecule has 0 amide bonds. The van der Waals surface area contributed by atoms with E-state index in [4.69, 9.17) is 0 Å². The SMILES string of the molecule is C=C(Cc1ccccc1)NC1C(=C)N2C1SC(C)(C)C2C. The summed E-state index contributed by atoms with van der Waals surface area (Å²) in [7, 11) is 0. The molecule has 0 aliphatic carbocycles. The summed E-state index contributed by atoms with van der Waals surface area (Å²) in [6.45, 7) is 15.4. The fraction of sp³-hybridized carbons (Fsp3) is 0.444. The highest BCUT2D eigenvalue weighted by Crippen LogP contribution is 2.53. The predicted molar refractivity (Wildman–Crippen MR) is 92.1 cm³/mol. The Hall–Kier alpha value is -1.35. The molecule has 0 aromatic heterocycles. The van der Waals surface area contributed by atoms with Gasteiger partial charge in [-0.1, -0.05) is 43.5 Å². The molecule has 1 N–H and O–H groups in total. The monoisotopic (exact) mass is 300 g/mol. The molecule has 1 aromatic rings. The van der Waals surface area contributed by atoms with Crippen molar-refractivity contribution in [2.24, 2.45) is 0 Å². The van der Waals surface area contributed by atoms with Crippen LogP contribution in [0.1, 0.15) is 26.3 Å². The van der Waals surface area contributed by atoms with Crippen molar-refractivity contribution in [1.82, 2.24) is 10.2 Å². The number of rotatable bonds is 4. The Morgan fingerprint density at radius 3 is 2.67 bits per heavy atom. The zero-order valence-electron chi connectivity index (χ0n) is 13.1. The Balaban J connectivity index is 1.62. The highest BCUT2D eigenvalue weighted by atomic mass is 32.2. The Bertz CT molecular complexity index is 564. The van der Waals surface area contributed by atoms with Gasteiger partial charge in [-0.2, -0.15) is 0 Å². The third-order valence-electron chi connectivity index (χ3n) is 4.72. The average molecular weight is 300 g/mol. The lowest BCUT2D eigenvalue weighted by Gasteiger charge is -2.49. The Labute approximate surface area is 132 Å². The van der Waals surface area contributed by atoms with Crippen LogP contribution in [-0.2, 0) is 6.42 Å². The van der Waals surface area contributed by atoms with Crippen molar-refractivity contribution in [2.75, 3.05) is 0 Å². The van der Waals surface area contributed by atoms with E-state index in [0.717, 1.165) is 12.1 Å². The lowest BCUT2D eigenvalue weighted by Crippen LogP contribution is -2.61. The van der Waals surface area contributed by atoms with Crippen molar-refractivity contribution in [3.8, 4) is 0 Å². The molecule has 2 fully saturated rings. The molecule has 0 spiro atoms. The summed E-state index contributed by atoms with van der Waals surface area (Å²) in [5.74, 6) is 0. The molecular weight excluding hydrogens is 276 g/mol. The van der Waals surface area contributed by atoms with Crippen LogP contribution in [0.3, 0.4) is 0 Å². The number of benzene rings is 1. The first kappa shape index (κ1) is 14.6. The molecule has 2 aliphatic rings. The van der Waals surface area contributed by atoms with Gasteiger partial charge in [0.05, 0.1) is 6.04 Å². The molecule has 0 saturated carbocycles. The molecule has 0 bridgehead atoms. The van der Waals surface area contributed by atoms with E-state index in [1.165, 1.54) is 11.3 Å². The summed E-state index contributed by atoms with van der Waals surface area (Å²) >= 11 is 2.05. The Kier molecular flexibility index (Phi) is 3.56. The molecule has 3 heteroatoms. The van der Waals surface area contributed by atoms with Crippen molar-refractivity contribution in [1.29, 1.82) is 0 Å². The molecule has 2 heterocycles. The van der Waals surface area contributed by atoms with Gasteiger partial charge in [-0.05, 0) is 26.3 Å². The van der Waals surface area contributed by atoms with E-state index in [0.29, 0.717) is 17.5 Å². The number of nitrogens with zero attached hydrogens (tertiary/aromatic N) is 1. The molecule has 1 aromatic carbocycles. The standard InChI is InChI=1S/C18H24N2S/c1-12(11-15-9-7-6-8-10-15)19-16-13(2)20-14(3)18(4,5)21-17(16)20/h6-10,14,16-17,19H,1-2,11H2,3-5H3. The van der Waals surface area contributed by atoms with E-state index in [1.807, 2.05) is 17.8 Å². The fourth-order valence-electron chi connectivity index (χ4n) is 3.17. The van der Waals surface area contributed by atoms with Crippen LogP contribution < -0.4 is 5.32 Å². The summed E-state index contributed by atoms with van der Waals surface area (Å²) in [6.07, 6.45) is 0.876. The van der Waals surface area contributed by atoms with Crippen LogP contribution in [-0.4, -0.2) is 27.1 Å². The molecule has 3 unspecified atom stereocenters. The van der Waals surface area contributed by atoms with Crippen molar-refractivity contribution in [3.63, 3.8) is 0 Å². The van der Waals surface area contributed by atoms with Gasteiger partial charge >= 0.3 is 0 Å². The van der Waals surface area contributed by atoms with Crippen LogP contribution in [0.4, 0.5) is 0 Å². The maximum Gasteiger partial charge on any atom is 0.101 e. The first-order chi connectivity index (χ1) is 9.90. The van der Waals surface area contributed by atoms with E-state index >= 15 is 0 Å². The van der Waals surface area contributed by atoms with Crippen LogP contribution in [0.2, 0.25) is 0 Å². The van der Waals surface area contributed by atoms with Crippen LogP contribution in [0.5, 0.6) is 0 Å². The largest absolute Gasteiger partial charge is 0.378 e. The highest BCUT2D eigenvalue weighted by molar-refractivity contribution is 8.01. The average Bonchev–Trinajstić information content (AvgIpc) is 2.65. The van der Waals surface area contributed by atoms with Crippen LogP contribution in [0.15, 0.2) is 54.9 Å². The molecule has 2 saturated heterocycles. The van der Waals surface area contributed by atoms with Gasteiger partial charge in [0.15, 0.2) is 0 Å². The van der Waals surface area contributed by atoms with Gasteiger partial charge in [0.25, 0.3) is 0 Å². The summed E-state index contributed by atoms with van der Waals surface area (Å²) < 4.78 is 0.283. The van der Waals surface area contributed by atoms with Gasteiger partial charge in [0, 0.05) is 28.6 Å². The number of allylic oxidation sites excluding steroid dienone is 1. The topological polar surface area (TPSA) is 15.3 Å². The molecule has 3 rings (SSSR count). The molecule has 3 atom stereocenters. The second-order valence-electron chi connectivity index (χ2n) is 6.57.